The number of rotatable bonds is 2. The molecule has 5 heteroatoms. The first kappa shape index (κ1) is 7.87. The van der Waals surface area contributed by atoms with E-state index in [0.29, 0.717) is 0 Å². The van der Waals surface area contributed by atoms with E-state index >= 15 is 0 Å². The number of hydrogen-bond acceptors (Lipinski definition) is 1. The van der Waals surface area contributed by atoms with E-state index in [2.05, 4.69) is 0 Å². The molecular weight excluding hydrogens is 439 g/mol. The van der Waals surface area contributed by atoms with Crippen molar-refractivity contribution < 1.29 is 26.3 Å². The summed E-state index contributed by atoms with van der Waals surface area (Å²) in [5, 5.41) is 8.05. The summed E-state index contributed by atoms with van der Waals surface area (Å²) >= 11 is 0.328. The van der Waals surface area contributed by atoms with Gasteiger partial charge in [0.05, 0.1) is 0 Å². The van der Waals surface area contributed by atoms with Gasteiger partial charge in [0, 0.05) is 0 Å². The van der Waals surface area contributed by atoms with E-state index in [1.165, 1.54) is 0 Å². The fraction of sp³-hybridized carbons (Fsp3) is 0. The molecule has 0 aliphatic carbocycles. The van der Waals surface area contributed by atoms with E-state index in [-0.39, 0.29) is 11.7 Å². The van der Waals surface area contributed by atoms with Crippen molar-refractivity contribution in [3.63, 3.8) is 0 Å². The van der Waals surface area contributed by atoms with Gasteiger partial charge in [0.25, 0.3) is 0 Å². The fourth-order valence-electron chi connectivity index (χ4n) is 0.0873. The van der Waals surface area contributed by atoms with Gasteiger partial charge in [-0.3, -0.25) is 0 Å². The van der Waals surface area contributed by atoms with Gasteiger partial charge in [0.2, 0.25) is 0 Å². The molecule has 0 aliphatic rings. The molecule has 2 nitrogen and oxygen atoms in total. The molecule has 0 spiro atoms. The predicted octanol–water partition coefficient (Wildman–Crippen LogP) is -1.09. The zero-order valence-electron chi connectivity index (χ0n) is 3.14. The Hall–Kier alpha value is 1.87. The maximum absolute atomic E-state index is 9.73. The third-order valence-electron chi connectivity index (χ3n) is 0.253. The molecule has 0 fully saturated rings. The van der Waals surface area contributed by atoms with Gasteiger partial charge in [0.1, 0.15) is 0 Å². The van der Waals surface area contributed by atoms with Crippen molar-refractivity contribution >= 4 is 37.0 Å². The Morgan fingerprint density at radius 2 is 2.50 bits per heavy atom. The van der Waals surface area contributed by atoms with Gasteiger partial charge in [0.15, 0.2) is 0 Å². The average molecular weight is 442 g/mol. The molecule has 0 amide bonds. The van der Waals surface area contributed by atoms with Gasteiger partial charge in [-0.05, 0) is 0 Å². The van der Waals surface area contributed by atoms with Crippen LogP contribution in [0.1, 0.15) is 0 Å². The average Bonchev–Trinajstić information content (AvgIpc) is 1.35. The van der Waals surface area contributed by atoms with Crippen LogP contribution >= 0.6 is 0 Å². The van der Waals surface area contributed by atoms with Gasteiger partial charge in [-0.15, -0.1) is 0 Å². The van der Waals surface area contributed by atoms with Crippen LogP contribution < -0.4 is 0 Å². The molecule has 0 aromatic heterocycles. The quantitative estimate of drug-likeness (QED) is 0.554. The van der Waals surface area contributed by atoms with E-state index in [4.69, 9.17) is 5.11 Å². The van der Waals surface area contributed by atoms with Gasteiger partial charge < -0.3 is 0 Å². The molecule has 0 rings (SSSR count). The zero-order valence-corrected chi connectivity index (χ0v) is 13.8. The number of carbonyl (C=O) groups is 1. The third kappa shape index (κ3) is 5.87. The van der Waals surface area contributed by atoms with E-state index < -0.39 is 21.1 Å². The predicted molar refractivity (Wildman–Crippen MR) is 22.3 cm³/mol. The van der Waals surface area contributed by atoms with Crippen LogP contribution in [0.25, 0.3) is 0 Å². The van der Waals surface area contributed by atoms with Crippen molar-refractivity contribution in [1.82, 2.24) is 0 Å². The van der Waals surface area contributed by atoms with Crippen molar-refractivity contribution in [1.29, 1.82) is 0 Å². The number of carboxylic acid groups (broad SMARTS) is 1. The Morgan fingerprint density at radius 1 is 2.00 bits per heavy atom. The van der Waals surface area contributed by atoms with E-state index in [0.717, 1.165) is 20.6 Å². The normalized spacial score (nSPS) is 8.83. The van der Waals surface area contributed by atoms with Crippen molar-refractivity contribution in [2.75, 3.05) is 0 Å². The monoisotopic (exact) mass is 444 g/mol. The molecule has 0 bridgehead atoms. The summed E-state index contributed by atoms with van der Waals surface area (Å²) in [5.74, 6) is 0. The Kier molecular flexibility index (Phi) is 6.58. The molecule has 6 heavy (non-hydrogen) atoms. The summed E-state index contributed by atoms with van der Waals surface area (Å²) in [4.78, 5) is 9.73. The first-order valence-electron chi connectivity index (χ1n) is 1.44. The Bertz CT molecular complexity index is 57.5. The summed E-state index contributed by atoms with van der Waals surface area (Å²) in [7, 11) is 0. The van der Waals surface area contributed by atoms with Crippen LogP contribution in [0.3, 0.4) is 0 Å². The number of hydrogen-bond donors (Lipinski definition) is 1. The second kappa shape index (κ2) is 5.02. The van der Waals surface area contributed by atoms with Crippen LogP contribution in [0.15, 0.2) is 0 Å². The van der Waals surface area contributed by atoms with Crippen LogP contribution in [-0.4, -0.2) is 42.1 Å². The molecule has 0 saturated heterocycles. The van der Waals surface area contributed by atoms with Gasteiger partial charge in [-0.25, -0.2) is 0 Å². The van der Waals surface area contributed by atoms with E-state index in [1.54, 1.807) is 0 Å². The molecular formula is CH3AsCdO2Pb. The molecule has 1 N–H and O–H groups in total. The van der Waals surface area contributed by atoms with Gasteiger partial charge in [-0.2, -0.15) is 0 Å². The van der Waals surface area contributed by atoms with Crippen molar-refractivity contribution in [2.45, 2.75) is 0 Å². The Balaban J connectivity index is 2.83. The maximum atomic E-state index is 9.73. The zero-order chi connectivity index (χ0) is 4.99. The molecule has 0 heterocycles. The second-order valence-electron chi connectivity index (χ2n) is 0.686. The van der Waals surface area contributed by atoms with Crippen LogP contribution in [0.5, 0.6) is 0 Å². The molecule has 0 aromatic rings. The fourth-order valence-corrected chi connectivity index (χ4v) is 26.7. The Morgan fingerprint density at radius 3 is 2.50 bits per heavy atom. The summed E-state index contributed by atoms with van der Waals surface area (Å²) in [6, 6.07) is 0. The molecule has 1 unspecified atom stereocenters. The van der Waals surface area contributed by atoms with Crippen LogP contribution in [0.4, 0.5) is 4.79 Å². The van der Waals surface area contributed by atoms with Crippen LogP contribution in [0.2, 0.25) is 0 Å². The minimum absolute atomic E-state index is 0.341. The third-order valence-corrected chi connectivity index (χ3v) is 36.5. The van der Waals surface area contributed by atoms with Crippen molar-refractivity contribution in [2.24, 2.45) is 0 Å². The first-order valence-corrected chi connectivity index (χ1v) is 38.1. The summed E-state index contributed by atoms with van der Waals surface area (Å²) < 4.78 is -0.451. The molecule has 2 radical (unpaired) electrons. The van der Waals surface area contributed by atoms with E-state index in [1.807, 2.05) is 0 Å². The van der Waals surface area contributed by atoms with Gasteiger partial charge >= 0.3 is 63.2 Å². The topological polar surface area (TPSA) is 37.3 Å². The molecule has 30 valence electrons. The Labute approximate surface area is 62.0 Å². The first-order chi connectivity index (χ1) is 2.77. The van der Waals surface area contributed by atoms with E-state index in [9.17, 15) is 4.79 Å². The molecule has 0 aromatic carbocycles. The van der Waals surface area contributed by atoms with Gasteiger partial charge in [-0.1, -0.05) is 0 Å². The summed E-state index contributed by atoms with van der Waals surface area (Å²) in [6.07, 6.45) is 0. The van der Waals surface area contributed by atoms with Crippen molar-refractivity contribution in [3.8, 4) is 0 Å². The molecule has 1 atom stereocenters. The molecule has 0 saturated carbocycles. The molecule has 0 aliphatic heterocycles. The van der Waals surface area contributed by atoms with Crippen LogP contribution in [-0.2, 0) is 16.4 Å². The minimum atomic E-state index is -0.451. The van der Waals surface area contributed by atoms with Crippen molar-refractivity contribution in [3.05, 3.63) is 0 Å². The second-order valence-corrected chi connectivity index (χ2v) is 69.8. The summed E-state index contributed by atoms with van der Waals surface area (Å²) in [6.45, 7) is 0. The van der Waals surface area contributed by atoms with Crippen LogP contribution in [0, 0.1) is 0 Å². The standard InChI is InChI=1S/CH2AsO2.Cd.Pb.H/c2-1(3)4;;;/h2H,(H,3,4);;;/q-1;+1;;. The summed E-state index contributed by atoms with van der Waals surface area (Å²) in [5.41, 5.74) is 0. The SMILES string of the molecule is O=C(O)[AsH][Cd][PbH].